The molecule has 3 nitrogen and oxygen atoms in total. The second-order valence-electron chi connectivity index (χ2n) is 4.37. The maximum atomic E-state index is 5.67. The van der Waals surface area contributed by atoms with Gasteiger partial charge < -0.3 is 10.1 Å². The number of nitrogens with one attached hydrogen (secondary N) is 1. The van der Waals surface area contributed by atoms with Crippen LogP contribution in [0.15, 0.2) is 35.7 Å². The van der Waals surface area contributed by atoms with Gasteiger partial charge in [-0.3, -0.25) is 0 Å². The summed E-state index contributed by atoms with van der Waals surface area (Å²) in [5.74, 6) is 0.687. The molecule has 4 heteroatoms. The van der Waals surface area contributed by atoms with E-state index in [9.17, 15) is 0 Å². The summed E-state index contributed by atoms with van der Waals surface area (Å²) in [6.07, 6.45) is 0. The van der Waals surface area contributed by atoms with E-state index in [1.54, 1.807) is 11.3 Å². The minimum atomic E-state index is 0.461. The molecule has 0 fully saturated rings. The first-order valence-electron chi connectivity index (χ1n) is 6.08. The fourth-order valence-corrected chi connectivity index (χ4v) is 2.10. The summed E-state index contributed by atoms with van der Waals surface area (Å²) in [7, 11) is 0. The summed E-state index contributed by atoms with van der Waals surface area (Å²) in [5, 5.41) is 5.39. The average Bonchev–Trinajstić information content (AvgIpc) is 2.87. The van der Waals surface area contributed by atoms with Crippen molar-refractivity contribution < 1.29 is 4.74 Å². The molecule has 0 aromatic carbocycles. The van der Waals surface area contributed by atoms with Crippen molar-refractivity contribution in [2.24, 2.45) is 0 Å². The van der Waals surface area contributed by atoms with Gasteiger partial charge in [0.25, 0.3) is 0 Å². The molecule has 0 saturated carbocycles. The van der Waals surface area contributed by atoms with Gasteiger partial charge in [0.05, 0.1) is 5.69 Å². The lowest BCUT2D eigenvalue weighted by atomic mass is 10.3. The van der Waals surface area contributed by atoms with E-state index in [1.807, 2.05) is 24.3 Å². The van der Waals surface area contributed by atoms with Gasteiger partial charge in [-0.2, -0.15) is 0 Å². The normalized spacial score (nSPS) is 10.8. The van der Waals surface area contributed by atoms with Gasteiger partial charge in [0.15, 0.2) is 0 Å². The molecule has 0 radical (unpaired) electrons. The molecule has 0 unspecified atom stereocenters. The monoisotopic (exact) mass is 262 g/mol. The number of nitrogens with zero attached hydrogens (tertiary/aromatic N) is 1. The Hall–Kier alpha value is -1.39. The van der Waals surface area contributed by atoms with E-state index in [4.69, 9.17) is 4.74 Å². The van der Waals surface area contributed by atoms with Gasteiger partial charge in [0, 0.05) is 23.5 Å². The van der Waals surface area contributed by atoms with Crippen LogP contribution in [0.5, 0.6) is 5.88 Å². The van der Waals surface area contributed by atoms with Crippen LogP contribution in [0.3, 0.4) is 0 Å². The zero-order chi connectivity index (χ0) is 12.8. The molecule has 0 spiro atoms. The third-order valence-corrected chi connectivity index (χ3v) is 3.26. The zero-order valence-corrected chi connectivity index (χ0v) is 11.5. The summed E-state index contributed by atoms with van der Waals surface area (Å²) in [5.41, 5.74) is 1.01. The summed E-state index contributed by atoms with van der Waals surface area (Å²) in [6.45, 7) is 5.61. The van der Waals surface area contributed by atoms with Crippen LogP contribution >= 0.6 is 11.3 Å². The van der Waals surface area contributed by atoms with Crippen LogP contribution in [0.1, 0.15) is 24.4 Å². The molecule has 0 amide bonds. The van der Waals surface area contributed by atoms with Crippen molar-refractivity contribution in [3.05, 3.63) is 46.3 Å². The van der Waals surface area contributed by atoms with Crippen LogP contribution in [-0.2, 0) is 13.2 Å². The highest BCUT2D eigenvalue weighted by molar-refractivity contribution is 7.09. The van der Waals surface area contributed by atoms with E-state index in [-0.39, 0.29) is 0 Å². The Morgan fingerprint density at radius 2 is 2.17 bits per heavy atom. The van der Waals surface area contributed by atoms with Gasteiger partial charge >= 0.3 is 0 Å². The first kappa shape index (κ1) is 13.1. The van der Waals surface area contributed by atoms with E-state index in [0.29, 0.717) is 18.5 Å². The summed E-state index contributed by atoms with van der Waals surface area (Å²) in [6, 6.07) is 10.4. The smallest absolute Gasteiger partial charge is 0.213 e. The summed E-state index contributed by atoms with van der Waals surface area (Å²) < 4.78 is 5.67. The minimum absolute atomic E-state index is 0.461. The van der Waals surface area contributed by atoms with Crippen LogP contribution in [0.4, 0.5) is 0 Å². The molecule has 18 heavy (non-hydrogen) atoms. The largest absolute Gasteiger partial charge is 0.472 e. The number of aromatic nitrogens is 1. The molecule has 0 aliphatic heterocycles. The molecule has 0 saturated heterocycles. The van der Waals surface area contributed by atoms with Crippen molar-refractivity contribution in [2.45, 2.75) is 33.0 Å². The van der Waals surface area contributed by atoms with Crippen LogP contribution < -0.4 is 10.1 Å². The van der Waals surface area contributed by atoms with Crippen molar-refractivity contribution in [2.75, 3.05) is 0 Å². The van der Waals surface area contributed by atoms with Gasteiger partial charge in [-0.15, -0.1) is 11.3 Å². The number of ether oxygens (including phenoxy) is 1. The molecule has 0 aliphatic carbocycles. The topological polar surface area (TPSA) is 34.1 Å². The Kier molecular flexibility index (Phi) is 4.73. The lowest BCUT2D eigenvalue weighted by Crippen LogP contribution is -2.22. The molecule has 0 bridgehead atoms. The Morgan fingerprint density at radius 1 is 1.28 bits per heavy atom. The van der Waals surface area contributed by atoms with Crippen LogP contribution in [0.2, 0.25) is 0 Å². The van der Waals surface area contributed by atoms with Crippen LogP contribution in [0, 0.1) is 0 Å². The average molecular weight is 262 g/mol. The number of pyridine rings is 1. The highest BCUT2D eigenvalue weighted by Crippen LogP contribution is 2.13. The number of thiophene rings is 1. The molecule has 2 heterocycles. The Balaban J connectivity index is 1.90. The molecule has 2 rings (SSSR count). The van der Waals surface area contributed by atoms with Crippen molar-refractivity contribution in [3.8, 4) is 5.88 Å². The van der Waals surface area contributed by atoms with E-state index < -0.39 is 0 Å². The van der Waals surface area contributed by atoms with Crippen LogP contribution in [0.25, 0.3) is 0 Å². The zero-order valence-electron chi connectivity index (χ0n) is 10.7. The number of hydrogen-bond donors (Lipinski definition) is 1. The van der Waals surface area contributed by atoms with Crippen molar-refractivity contribution in [1.82, 2.24) is 10.3 Å². The van der Waals surface area contributed by atoms with Gasteiger partial charge in [-0.05, 0) is 17.5 Å². The van der Waals surface area contributed by atoms with E-state index in [0.717, 1.165) is 12.2 Å². The first-order valence-corrected chi connectivity index (χ1v) is 6.96. The molecule has 96 valence electrons. The standard InChI is InChI=1S/C14H18N2OS/c1-11(2)15-9-12-5-3-7-14(16-12)17-10-13-6-4-8-18-13/h3-8,11,15H,9-10H2,1-2H3. The maximum absolute atomic E-state index is 5.67. The fraction of sp³-hybridized carbons (Fsp3) is 0.357. The molecule has 0 aliphatic rings. The number of hydrogen-bond acceptors (Lipinski definition) is 4. The van der Waals surface area contributed by atoms with Crippen molar-refractivity contribution in [3.63, 3.8) is 0 Å². The predicted octanol–water partition coefficient (Wildman–Crippen LogP) is 3.22. The third-order valence-electron chi connectivity index (χ3n) is 2.42. The van der Waals surface area contributed by atoms with E-state index in [2.05, 4.69) is 35.6 Å². The second kappa shape index (κ2) is 6.52. The van der Waals surface area contributed by atoms with Crippen LogP contribution in [-0.4, -0.2) is 11.0 Å². The van der Waals surface area contributed by atoms with E-state index in [1.165, 1.54) is 4.88 Å². The quantitative estimate of drug-likeness (QED) is 0.868. The Morgan fingerprint density at radius 3 is 2.89 bits per heavy atom. The number of rotatable bonds is 6. The molecule has 1 N–H and O–H groups in total. The predicted molar refractivity (Wildman–Crippen MR) is 74.9 cm³/mol. The minimum Gasteiger partial charge on any atom is -0.472 e. The van der Waals surface area contributed by atoms with Gasteiger partial charge in [-0.25, -0.2) is 4.98 Å². The second-order valence-corrected chi connectivity index (χ2v) is 5.40. The molecular formula is C14H18N2OS. The maximum Gasteiger partial charge on any atom is 0.213 e. The van der Waals surface area contributed by atoms with E-state index >= 15 is 0 Å². The summed E-state index contributed by atoms with van der Waals surface area (Å²) >= 11 is 1.70. The third kappa shape index (κ3) is 4.13. The van der Waals surface area contributed by atoms with Gasteiger partial charge in [0.2, 0.25) is 5.88 Å². The molecule has 2 aromatic rings. The molecule has 0 atom stereocenters. The van der Waals surface area contributed by atoms with Gasteiger partial charge in [-0.1, -0.05) is 26.0 Å². The lowest BCUT2D eigenvalue weighted by molar-refractivity contribution is 0.296. The highest BCUT2D eigenvalue weighted by Gasteiger charge is 2.01. The Labute approximate surface area is 112 Å². The SMILES string of the molecule is CC(C)NCc1cccc(OCc2cccs2)n1. The van der Waals surface area contributed by atoms with Crippen molar-refractivity contribution in [1.29, 1.82) is 0 Å². The molecular weight excluding hydrogens is 244 g/mol. The Bertz CT molecular complexity index is 468. The molecule has 2 aromatic heterocycles. The fourth-order valence-electron chi connectivity index (χ4n) is 1.48. The first-order chi connectivity index (χ1) is 8.74. The highest BCUT2D eigenvalue weighted by atomic mass is 32.1. The lowest BCUT2D eigenvalue weighted by Gasteiger charge is -2.09. The van der Waals surface area contributed by atoms with Crippen molar-refractivity contribution >= 4 is 11.3 Å². The summed E-state index contributed by atoms with van der Waals surface area (Å²) in [4.78, 5) is 5.67. The van der Waals surface area contributed by atoms with Gasteiger partial charge in [0.1, 0.15) is 6.61 Å².